The maximum atomic E-state index is 13.1. The van der Waals surface area contributed by atoms with Gasteiger partial charge in [0.2, 0.25) is 4.77 Å². The molecule has 0 amide bonds. The second kappa shape index (κ2) is 7.85. The van der Waals surface area contributed by atoms with Crippen LogP contribution in [0.5, 0.6) is 0 Å². The molecule has 3 aromatic rings. The van der Waals surface area contributed by atoms with Crippen LogP contribution in [0.25, 0.3) is 5.69 Å². The van der Waals surface area contributed by atoms with Crippen molar-refractivity contribution in [1.82, 2.24) is 19.2 Å². The Balaban J connectivity index is 1.44. The predicted octanol–water partition coefficient (Wildman–Crippen LogP) is 3.94. The number of nitrogens with zero attached hydrogens (tertiary/aromatic N) is 5. The fourth-order valence-electron chi connectivity index (χ4n) is 3.59. The Morgan fingerprint density at radius 1 is 0.893 bits per heavy atom. The molecule has 0 aliphatic carbocycles. The normalized spacial score (nSPS) is 15.2. The molecule has 1 fully saturated rings. The van der Waals surface area contributed by atoms with E-state index in [0.717, 1.165) is 43.4 Å². The van der Waals surface area contributed by atoms with Crippen molar-refractivity contribution in [1.29, 1.82) is 0 Å². The first kappa shape index (κ1) is 18.8. The first-order valence-corrected chi connectivity index (χ1v) is 9.88. The van der Waals surface area contributed by atoms with E-state index in [1.54, 1.807) is 0 Å². The largest absolute Gasteiger partial charge is 0.369 e. The maximum Gasteiger partial charge on any atom is 0.203 e. The number of aryl methyl sites for hydroxylation is 2. The molecule has 7 heteroatoms. The van der Waals surface area contributed by atoms with Crippen LogP contribution in [-0.4, -0.2) is 45.4 Å². The van der Waals surface area contributed by atoms with E-state index in [2.05, 4.69) is 46.1 Å². The Bertz CT molecular complexity index is 999. The molecular formula is C21H24FN5S. The molecule has 0 bridgehead atoms. The molecule has 0 unspecified atom stereocenters. The van der Waals surface area contributed by atoms with Gasteiger partial charge < -0.3 is 4.90 Å². The summed E-state index contributed by atoms with van der Waals surface area (Å²) >= 11 is 5.70. The maximum absolute atomic E-state index is 13.1. The highest BCUT2D eigenvalue weighted by atomic mass is 32.1. The minimum absolute atomic E-state index is 0.198. The van der Waals surface area contributed by atoms with Gasteiger partial charge in [-0.05, 0) is 62.5 Å². The quantitative estimate of drug-likeness (QED) is 0.624. The molecule has 0 saturated carbocycles. The molecule has 0 radical (unpaired) electrons. The van der Waals surface area contributed by atoms with Crippen LogP contribution in [0.15, 0.2) is 48.5 Å². The number of halogens is 1. The number of hydrogen-bond donors (Lipinski definition) is 0. The monoisotopic (exact) mass is 397 g/mol. The first-order valence-electron chi connectivity index (χ1n) is 9.47. The summed E-state index contributed by atoms with van der Waals surface area (Å²) in [5.41, 5.74) is 3.33. The third-order valence-corrected chi connectivity index (χ3v) is 5.58. The summed E-state index contributed by atoms with van der Waals surface area (Å²) in [5, 5.41) is 4.67. The van der Waals surface area contributed by atoms with E-state index in [-0.39, 0.29) is 5.82 Å². The van der Waals surface area contributed by atoms with E-state index >= 15 is 0 Å². The molecule has 28 heavy (non-hydrogen) atoms. The summed E-state index contributed by atoms with van der Waals surface area (Å²) < 4.78 is 17.8. The zero-order valence-electron chi connectivity index (χ0n) is 16.2. The number of anilines is 1. The minimum Gasteiger partial charge on any atom is -0.369 e. The van der Waals surface area contributed by atoms with Gasteiger partial charge >= 0.3 is 0 Å². The molecule has 5 nitrogen and oxygen atoms in total. The molecule has 146 valence electrons. The minimum atomic E-state index is -0.198. The summed E-state index contributed by atoms with van der Waals surface area (Å²) in [7, 11) is 0. The average Bonchev–Trinajstić information content (AvgIpc) is 2.97. The van der Waals surface area contributed by atoms with Crippen molar-refractivity contribution in [3.8, 4) is 5.69 Å². The molecule has 1 saturated heterocycles. The van der Waals surface area contributed by atoms with Crippen LogP contribution in [0, 0.1) is 24.4 Å². The number of hydrogen-bond acceptors (Lipinski definition) is 4. The molecule has 1 aliphatic rings. The lowest BCUT2D eigenvalue weighted by molar-refractivity contribution is 0.194. The Kier molecular flexibility index (Phi) is 5.28. The van der Waals surface area contributed by atoms with Crippen molar-refractivity contribution in [2.45, 2.75) is 20.5 Å². The van der Waals surface area contributed by atoms with E-state index in [9.17, 15) is 4.39 Å². The molecule has 4 rings (SSSR count). The Morgan fingerprint density at radius 3 is 2.14 bits per heavy atom. The number of aromatic nitrogens is 3. The summed E-state index contributed by atoms with van der Waals surface area (Å²) in [6, 6.07) is 15.0. The van der Waals surface area contributed by atoms with Crippen molar-refractivity contribution in [2.75, 3.05) is 31.1 Å². The highest BCUT2D eigenvalue weighted by molar-refractivity contribution is 7.71. The van der Waals surface area contributed by atoms with Crippen LogP contribution in [-0.2, 0) is 6.67 Å². The highest BCUT2D eigenvalue weighted by Crippen LogP contribution is 2.18. The van der Waals surface area contributed by atoms with Crippen LogP contribution < -0.4 is 4.90 Å². The molecule has 2 heterocycles. The van der Waals surface area contributed by atoms with Crippen LogP contribution >= 0.6 is 12.2 Å². The first-order chi connectivity index (χ1) is 13.5. The van der Waals surface area contributed by atoms with Crippen LogP contribution in [0.3, 0.4) is 0 Å². The van der Waals surface area contributed by atoms with Crippen molar-refractivity contribution in [3.05, 3.63) is 70.5 Å². The molecule has 2 aromatic carbocycles. The van der Waals surface area contributed by atoms with E-state index in [1.807, 2.05) is 28.3 Å². The number of piperazine rings is 1. The van der Waals surface area contributed by atoms with Crippen LogP contribution in [0.1, 0.15) is 11.4 Å². The third-order valence-electron chi connectivity index (χ3n) is 5.19. The Morgan fingerprint density at radius 2 is 1.50 bits per heavy atom. The fraction of sp³-hybridized carbons (Fsp3) is 0.333. The summed E-state index contributed by atoms with van der Waals surface area (Å²) in [6.45, 7) is 8.36. The lowest BCUT2D eigenvalue weighted by Crippen LogP contribution is -2.47. The highest BCUT2D eigenvalue weighted by Gasteiger charge is 2.19. The van der Waals surface area contributed by atoms with Gasteiger partial charge in [-0.3, -0.25) is 9.47 Å². The van der Waals surface area contributed by atoms with E-state index in [1.165, 1.54) is 17.7 Å². The third kappa shape index (κ3) is 3.86. The molecule has 0 spiro atoms. The van der Waals surface area contributed by atoms with Gasteiger partial charge in [-0.25, -0.2) is 9.07 Å². The fourth-order valence-corrected chi connectivity index (χ4v) is 3.92. The van der Waals surface area contributed by atoms with Gasteiger partial charge in [0.15, 0.2) is 0 Å². The van der Waals surface area contributed by atoms with Gasteiger partial charge in [-0.15, -0.1) is 0 Å². The summed E-state index contributed by atoms with van der Waals surface area (Å²) in [5.74, 6) is 0.690. The van der Waals surface area contributed by atoms with Crippen molar-refractivity contribution in [3.63, 3.8) is 0 Å². The van der Waals surface area contributed by atoms with Crippen LogP contribution in [0.2, 0.25) is 0 Å². The van der Waals surface area contributed by atoms with Gasteiger partial charge in [0, 0.05) is 37.6 Å². The Hall–Kier alpha value is -2.51. The van der Waals surface area contributed by atoms with Crippen molar-refractivity contribution >= 4 is 17.9 Å². The lowest BCUT2D eigenvalue weighted by Gasteiger charge is -2.35. The average molecular weight is 398 g/mol. The summed E-state index contributed by atoms with van der Waals surface area (Å²) in [6.07, 6.45) is 0. The van der Waals surface area contributed by atoms with E-state index in [0.29, 0.717) is 11.4 Å². The van der Waals surface area contributed by atoms with Gasteiger partial charge in [0.25, 0.3) is 0 Å². The summed E-state index contributed by atoms with van der Waals surface area (Å²) in [4.78, 5) is 4.63. The van der Waals surface area contributed by atoms with Crippen LogP contribution in [0.4, 0.5) is 10.1 Å². The van der Waals surface area contributed by atoms with Crippen molar-refractivity contribution < 1.29 is 4.39 Å². The molecule has 0 atom stereocenters. The van der Waals surface area contributed by atoms with Gasteiger partial charge in [-0.1, -0.05) is 17.7 Å². The second-order valence-corrected chi connectivity index (χ2v) is 7.59. The Labute approximate surface area is 169 Å². The van der Waals surface area contributed by atoms with Gasteiger partial charge in [0.1, 0.15) is 11.6 Å². The zero-order chi connectivity index (χ0) is 19.7. The molecule has 0 N–H and O–H groups in total. The number of benzene rings is 2. The second-order valence-electron chi connectivity index (χ2n) is 7.22. The number of rotatable bonds is 4. The topological polar surface area (TPSA) is 29.2 Å². The van der Waals surface area contributed by atoms with Crippen molar-refractivity contribution in [2.24, 2.45) is 0 Å². The van der Waals surface area contributed by atoms with E-state index in [4.69, 9.17) is 12.2 Å². The molecular weight excluding hydrogens is 373 g/mol. The van der Waals surface area contributed by atoms with Gasteiger partial charge in [-0.2, -0.15) is 5.10 Å². The lowest BCUT2D eigenvalue weighted by atomic mass is 10.2. The standard InChI is InChI=1S/C21H24FN5S/c1-16-3-7-20(8-4-16)27-17(2)23-26(21(27)28)15-24-11-13-25(14-12-24)19-9-5-18(22)6-10-19/h3-10H,11-15H2,1-2H3. The van der Waals surface area contributed by atoms with E-state index < -0.39 is 0 Å². The smallest absolute Gasteiger partial charge is 0.203 e. The SMILES string of the molecule is Cc1ccc(-n2c(C)nn(CN3CCN(c4ccc(F)cc4)CC3)c2=S)cc1. The molecule has 1 aromatic heterocycles. The zero-order valence-corrected chi connectivity index (χ0v) is 17.0. The predicted molar refractivity (Wildman–Crippen MR) is 112 cm³/mol. The van der Waals surface area contributed by atoms with Gasteiger partial charge in [0.05, 0.1) is 6.67 Å². The molecule has 1 aliphatic heterocycles.